The van der Waals surface area contributed by atoms with E-state index in [-0.39, 0.29) is 29.2 Å². The Morgan fingerprint density at radius 1 is 0.795 bits per heavy atom. The molecule has 0 aliphatic heterocycles. The SMILES string of the molecule is CCCCOc1ccc(CCC2CC=C(c3ccc(-c4ccc(OCC)c(F)c4F)c(F)c3)CC2)c(F)c1F. The van der Waals surface area contributed by atoms with E-state index in [1.54, 1.807) is 19.1 Å². The van der Waals surface area contributed by atoms with Crippen molar-refractivity contribution in [3.8, 4) is 22.6 Å². The Balaban J connectivity index is 1.39. The molecular weight excluding hydrogens is 511 g/mol. The van der Waals surface area contributed by atoms with Gasteiger partial charge in [-0.3, -0.25) is 0 Å². The number of hydrogen-bond acceptors (Lipinski definition) is 2. The molecule has 0 spiro atoms. The van der Waals surface area contributed by atoms with Crippen molar-refractivity contribution in [3.05, 3.63) is 88.8 Å². The fraction of sp³-hybridized carbons (Fsp3) is 0.375. The van der Waals surface area contributed by atoms with Gasteiger partial charge in [0.1, 0.15) is 5.82 Å². The molecule has 0 saturated heterocycles. The van der Waals surface area contributed by atoms with Crippen LogP contribution in [0.25, 0.3) is 16.7 Å². The highest BCUT2D eigenvalue weighted by Crippen LogP contribution is 2.36. The molecule has 2 nitrogen and oxygen atoms in total. The maximum Gasteiger partial charge on any atom is 0.201 e. The molecular formula is C32H33F5O2. The number of ether oxygens (including phenoxy) is 2. The van der Waals surface area contributed by atoms with Crippen molar-refractivity contribution >= 4 is 5.57 Å². The van der Waals surface area contributed by atoms with E-state index < -0.39 is 29.1 Å². The van der Waals surface area contributed by atoms with Gasteiger partial charge in [0.2, 0.25) is 11.6 Å². The molecule has 0 bridgehead atoms. The molecule has 1 aliphatic carbocycles. The van der Waals surface area contributed by atoms with Gasteiger partial charge < -0.3 is 9.47 Å². The van der Waals surface area contributed by atoms with Crippen LogP contribution in [0.4, 0.5) is 22.0 Å². The normalized spacial score (nSPS) is 15.3. The van der Waals surface area contributed by atoms with E-state index in [0.29, 0.717) is 42.9 Å². The van der Waals surface area contributed by atoms with Crippen molar-refractivity contribution in [3.63, 3.8) is 0 Å². The summed E-state index contributed by atoms with van der Waals surface area (Å²) < 4.78 is 83.2. The second kappa shape index (κ2) is 13.1. The lowest BCUT2D eigenvalue weighted by Gasteiger charge is -2.22. The summed E-state index contributed by atoms with van der Waals surface area (Å²) in [6.45, 7) is 4.20. The largest absolute Gasteiger partial charge is 0.491 e. The van der Waals surface area contributed by atoms with Crippen LogP contribution in [-0.2, 0) is 6.42 Å². The molecule has 7 heteroatoms. The van der Waals surface area contributed by atoms with E-state index >= 15 is 0 Å². The first-order valence-electron chi connectivity index (χ1n) is 13.5. The molecule has 1 aliphatic rings. The van der Waals surface area contributed by atoms with Gasteiger partial charge in [0.25, 0.3) is 0 Å². The molecule has 0 saturated carbocycles. The van der Waals surface area contributed by atoms with Crippen LogP contribution in [0.2, 0.25) is 0 Å². The minimum absolute atomic E-state index is 0.0245. The molecule has 0 N–H and O–H groups in total. The third kappa shape index (κ3) is 6.63. The van der Waals surface area contributed by atoms with Crippen molar-refractivity contribution in [1.82, 2.24) is 0 Å². The first-order chi connectivity index (χ1) is 18.8. The molecule has 1 atom stereocenters. The van der Waals surface area contributed by atoms with Crippen LogP contribution in [-0.4, -0.2) is 13.2 Å². The third-order valence-electron chi connectivity index (χ3n) is 7.20. The average molecular weight is 545 g/mol. The van der Waals surface area contributed by atoms with E-state index in [1.165, 1.54) is 30.3 Å². The van der Waals surface area contributed by atoms with Gasteiger partial charge >= 0.3 is 0 Å². The highest BCUT2D eigenvalue weighted by Gasteiger charge is 2.21. The van der Waals surface area contributed by atoms with Gasteiger partial charge in [0, 0.05) is 11.1 Å². The maximum absolute atomic E-state index is 15.0. The highest BCUT2D eigenvalue weighted by atomic mass is 19.2. The quantitative estimate of drug-likeness (QED) is 0.177. The Morgan fingerprint density at radius 2 is 1.51 bits per heavy atom. The third-order valence-corrected chi connectivity index (χ3v) is 7.20. The molecule has 0 radical (unpaired) electrons. The van der Waals surface area contributed by atoms with Gasteiger partial charge in [0.15, 0.2) is 23.1 Å². The molecule has 0 fully saturated rings. The summed E-state index contributed by atoms with van der Waals surface area (Å²) in [5.41, 5.74) is 1.81. The van der Waals surface area contributed by atoms with E-state index in [1.807, 2.05) is 13.0 Å². The van der Waals surface area contributed by atoms with Gasteiger partial charge in [-0.25, -0.2) is 13.2 Å². The number of halogens is 5. The van der Waals surface area contributed by atoms with Gasteiger partial charge in [-0.05, 0) is 92.3 Å². The monoisotopic (exact) mass is 544 g/mol. The van der Waals surface area contributed by atoms with Crippen LogP contribution in [0.1, 0.15) is 63.5 Å². The van der Waals surface area contributed by atoms with E-state index in [0.717, 1.165) is 31.3 Å². The molecule has 0 heterocycles. The van der Waals surface area contributed by atoms with Crippen molar-refractivity contribution in [2.24, 2.45) is 5.92 Å². The minimum atomic E-state index is -1.15. The summed E-state index contributed by atoms with van der Waals surface area (Å²) in [5.74, 6) is -4.69. The van der Waals surface area contributed by atoms with Gasteiger partial charge in [-0.15, -0.1) is 0 Å². The number of rotatable bonds is 11. The number of allylic oxidation sites excluding steroid dienone is 2. The Kier molecular flexibility index (Phi) is 9.65. The fourth-order valence-electron chi connectivity index (χ4n) is 4.92. The molecule has 0 amide bonds. The number of hydrogen-bond donors (Lipinski definition) is 0. The van der Waals surface area contributed by atoms with Crippen LogP contribution in [0, 0.1) is 35.0 Å². The predicted molar refractivity (Wildman–Crippen MR) is 143 cm³/mol. The lowest BCUT2D eigenvalue weighted by molar-refractivity contribution is 0.288. The average Bonchev–Trinajstić information content (AvgIpc) is 2.94. The Bertz CT molecular complexity index is 1330. The van der Waals surface area contributed by atoms with Crippen molar-refractivity contribution in [2.75, 3.05) is 13.2 Å². The fourth-order valence-corrected chi connectivity index (χ4v) is 4.92. The lowest BCUT2D eigenvalue weighted by Crippen LogP contribution is -2.08. The van der Waals surface area contributed by atoms with Crippen molar-refractivity contribution in [1.29, 1.82) is 0 Å². The summed E-state index contributed by atoms with van der Waals surface area (Å²) >= 11 is 0. The van der Waals surface area contributed by atoms with Crippen LogP contribution in [0.3, 0.4) is 0 Å². The first kappa shape index (κ1) is 28.7. The van der Waals surface area contributed by atoms with Crippen molar-refractivity contribution in [2.45, 2.75) is 58.8 Å². The zero-order chi connectivity index (χ0) is 27.9. The summed E-state index contributed by atoms with van der Waals surface area (Å²) in [5, 5.41) is 0. The first-order valence-corrected chi connectivity index (χ1v) is 13.5. The van der Waals surface area contributed by atoms with Crippen LogP contribution in [0.5, 0.6) is 11.5 Å². The molecule has 3 aromatic carbocycles. The minimum Gasteiger partial charge on any atom is -0.491 e. The topological polar surface area (TPSA) is 18.5 Å². The maximum atomic E-state index is 15.0. The highest BCUT2D eigenvalue weighted by molar-refractivity contribution is 5.72. The predicted octanol–water partition coefficient (Wildman–Crippen LogP) is 9.44. The summed E-state index contributed by atoms with van der Waals surface area (Å²) in [6, 6.07) is 10.2. The Labute approximate surface area is 226 Å². The van der Waals surface area contributed by atoms with Crippen LogP contribution in [0.15, 0.2) is 48.5 Å². The molecule has 0 aromatic heterocycles. The summed E-state index contributed by atoms with van der Waals surface area (Å²) in [7, 11) is 0. The summed E-state index contributed by atoms with van der Waals surface area (Å²) in [6.07, 6.45) is 7.11. The molecule has 3 aromatic rings. The van der Waals surface area contributed by atoms with Gasteiger partial charge in [-0.1, -0.05) is 37.6 Å². The molecule has 1 unspecified atom stereocenters. The second-order valence-corrected chi connectivity index (χ2v) is 9.83. The Hall–Kier alpha value is -3.35. The molecule has 208 valence electrons. The molecule has 39 heavy (non-hydrogen) atoms. The standard InChI is InChI=1S/C32H33F5O2/c1-3-5-18-39-28-16-13-22(29(34)31(28)36)11-8-20-6-9-21(10-7-20)23-12-14-24(26(33)19-23)25-15-17-27(38-4-2)32(37)30(25)35/h9,12-17,19-20H,3-8,10-11,18H2,1-2H3. The van der Waals surface area contributed by atoms with Gasteiger partial charge in [0.05, 0.1) is 13.2 Å². The molecule has 4 rings (SSSR count). The number of benzene rings is 3. The zero-order valence-corrected chi connectivity index (χ0v) is 22.3. The Morgan fingerprint density at radius 3 is 2.21 bits per heavy atom. The van der Waals surface area contributed by atoms with Crippen molar-refractivity contribution < 1.29 is 31.4 Å². The van der Waals surface area contributed by atoms with Crippen LogP contribution >= 0.6 is 0 Å². The van der Waals surface area contributed by atoms with Crippen LogP contribution < -0.4 is 9.47 Å². The smallest absolute Gasteiger partial charge is 0.201 e. The zero-order valence-electron chi connectivity index (χ0n) is 22.3. The van der Waals surface area contributed by atoms with Gasteiger partial charge in [-0.2, -0.15) is 8.78 Å². The van der Waals surface area contributed by atoms with E-state index in [4.69, 9.17) is 9.47 Å². The second-order valence-electron chi connectivity index (χ2n) is 9.83. The lowest BCUT2D eigenvalue weighted by atomic mass is 9.83. The van der Waals surface area contributed by atoms with E-state index in [9.17, 15) is 22.0 Å². The van der Waals surface area contributed by atoms with E-state index in [2.05, 4.69) is 0 Å². The number of aryl methyl sites for hydroxylation is 1. The number of unbranched alkanes of at least 4 members (excludes halogenated alkanes) is 1. The summed E-state index contributed by atoms with van der Waals surface area (Å²) in [4.78, 5) is 0.